The molecular formula is C25H27ClN2O4S. The molecule has 0 bridgehead atoms. The molecular weight excluding hydrogens is 460 g/mol. The Kier molecular flexibility index (Phi) is 8.00. The van der Waals surface area contributed by atoms with E-state index in [1.165, 1.54) is 18.2 Å². The number of carbonyl (C=O) groups is 1. The van der Waals surface area contributed by atoms with E-state index >= 15 is 0 Å². The van der Waals surface area contributed by atoms with E-state index in [4.69, 9.17) is 16.3 Å². The standard InChI is InChI=1S/C25H27ClN2O4S/c1-4-24(19-10-12-22(32-3)13-11-19)27-25(29)17-28(21-7-5-6-20(26)16-21)33(30,31)23-14-8-18(2)9-15-23/h5-16,24H,4,17H2,1-3H3,(H,27,29)/t24-/m0/s1. The van der Waals surface area contributed by atoms with Crippen molar-refractivity contribution in [2.75, 3.05) is 18.0 Å². The third-order valence-electron chi connectivity index (χ3n) is 5.25. The first-order chi connectivity index (χ1) is 15.7. The maximum Gasteiger partial charge on any atom is 0.264 e. The predicted octanol–water partition coefficient (Wildman–Crippen LogP) is 5.12. The number of benzene rings is 3. The van der Waals surface area contributed by atoms with Gasteiger partial charge in [0.05, 0.1) is 23.7 Å². The summed E-state index contributed by atoms with van der Waals surface area (Å²) >= 11 is 6.12. The van der Waals surface area contributed by atoms with Crippen LogP contribution in [0, 0.1) is 6.92 Å². The monoisotopic (exact) mass is 486 g/mol. The van der Waals surface area contributed by atoms with Crippen molar-refractivity contribution in [3.8, 4) is 5.75 Å². The molecule has 174 valence electrons. The lowest BCUT2D eigenvalue weighted by atomic mass is 10.0. The van der Waals surface area contributed by atoms with Crippen molar-refractivity contribution in [2.24, 2.45) is 0 Å². The Bertz CT molecular complexity index is 1200. The number of carbonyl (C=O) groups excluding carboxylic acids is 1. The van der Waals surface area contributed by atoms with Crippen LogP contribution in [0.15, 0.2) is 77.7 Å². The summed E-state index contributed by atoms with van der Waals surface area (Å²) in [6.07, 6.45) is 0.639. The Morgan fingerprint density at radius 1 is 1.06 bits per heavy atom. The fourth-order valence-electron chi connectivity index (χ4n) is 3.41. The van der Waals surface area contributed by atoms with Gasteiger partial charge in [-0.2, -0.15) is 0 Å². The highest BCUT2D eigenvalue weighted by molar-refractivity contribution is 7.92. The number of hydrogen-bond donors (Lipinski definition) is 1. The van der Waals surface area contributed by atoms with Crippen molar-refractivity contribution >= 4 is 33.2 Å². The van der Waals surface area contributed by atoms with Crippen LogP contribution in [0.1, 0.15) is 30.5 Å². The van der Waals surface area contributed by atoms with Gasteiger partial charge in [0.15, 0.2) is 0 Å². The van der Waals surface area contributed by atoms with Crippen LogP contribution >= 0.6 is 11.6 Å². The largest absolute Gasteiger partial charge is 0.497 e. The van der Waals surface area contributed by atoms with Gasteiger partial charge in [-0.25, -0.2) is 8.42 Å². The molecule has 0 aromatic heterocycles. The number of nitrogens with one attached hydrogen (secondary N) is 1. The van der Waals surface area contributed by atoms with E-state index in [1.807, 2.05) is 38.1 Å². The molecule has 6 nitrogen and oxygen atoms in total. The molecule has 8 heteroatoms. The second kappa shape index (κ2) is 10.7. The third kappa shape index (κ3) is 6.06. The van der Waals surface area contributed by atoms with Gasteiger partial charge >= 0.3 is 0 Å². The minimum atomic E-state index is -4.00. The van der Waals surface area contributed by atoms with Crippen molar-refractivity contribution in [3.63, 3.8) is 0 Å². The van der Waals surface area contributed by atoms with Gasteiger partial charge < -0.3 is 10.1 Å². The molecule has 0 radical (unpaired) electrons. The predicted molar refractivity (Wildman–Crippen MR) is 131 cm³/mol. The van der Waals surface area contributed by atoms with Crippen LogP contribution < -0.4 is 14.4 Å². The number of aryl methyl sites for hydroxylation is 1. The van der Waals surface area contributed by atoms with Crippen molar-refractivity contribution in [2.45, 2.75) is 31.2 Å². The van der Waals surface area contributed by atoms with Crippen LogP contribution in [0.2, 0.25) is 5.02 Å². The number of methoxy groups -OCH3 is 1. The first kappa shape index (κ1) is 24.6. The van der Waals surface area contributed by atoms with Gasteiger partial charge in [-0.1, -0.05) is 54.4 Å². The molecule has 3 aromatic rings. The second-order valence-corrected chi connectivity index (χ2v) is 9.90. The van der Waals surface area contributed by atoms with Crippen LogP contribution in [0.5, 0.6) is 5.75 Å². The van der Waals surface area contributed by atoms with Crippen LogP contribution in [0.4, 0.5) is 5.69 Å². The number of sulfonamides is 1. The van der Waals surface area contributed by atoms with Gasteiger partial charge in [-0.15, -0.1) is 0 Å². The average molecular weight is 487 g/mol. The minimum Gasteiger partial charge on any atom is -0.497 e. The van der Waals surface area contributed by atoms with E-state index in [-0.39, 0.29) is 17.5 Å². The Morgan fingerprint density at radius 3 is 2.30 bits per heavy atom. The Morgan fingerprint density at radius 2 is 1.73 bits per heavy atom. The van der Waals surface area contributed by atoms with E-state index in [2.05, 4.69) is 5.32 Å². The quantitative estimate of drug-likeness (QED) is 0.455. The van der Waals surface area contributed by atoms with Crippen molar-refractivity contribution in [1.82, 2.24) is 5.32 Å². The molecule has 1 amide bonds. The van der Waals surface area contributed by atoms with Gasteiger partial charge in [0.2, 0.25) is 5.91 Å². The van der Waals surface area contributed by atoms with E-state index in [1.54, 1.807) is 37.4 Å². The fraction of sp³-hybridized carbons (Fsp3) is 0.240. The number of amides is 1. The summed E-state index contributed by atoms with van der Waals surface area (Å²) in [4.78, 5) is 13.1. The summed E-state index contributed by atoms with van der Waals surface area (Å²) in [5.74, 6) is 0.296. The van der Waals surface area contributed by atoms with Gasteiger partial charge in [0, 0.05) is 5.02 Å². The molecule has 0 aliphatic rings. The number of anilines is 1. The summed E-state index contributed by atoms with van der Waals surface area (Å²) < 4.78 is 33.2. The molecule has 0 saturated heterocycles. The number of hydrogen-bond acceptors (Lipinski definition) is 4. The molecule has 0 fully saturated rings. The van der Waals surface area contributed by atoms with Gasteiger partial charge in [-0.05, 0) is 61.4 Å². The van der Waals surface area contributed by atoms with E-state index in [9.17, 15) is 13.2 Å². The zero-order valence-corrected chi connectivity index (χ0v) is 20.4. The van der Waals surface area contributed by atoms with Crippen LogP contribution in [0.25, 0.3) is 0 Å². The molecule has 0 spiro atoms. The summed E-state index contributed by atoms with van der Waals surface area (Å²) in [6, 6.07) is 20.1. The lowest BCUT2D eigenvalue weighted by molar-refractivity contribution is -0.120. The Labute approximate surface area is 200 Å². The molecule has 0 saturated carbocycles. The molecule has 33 heavy (non-hydrogen) atoms. The number of rotatable bonds is 9. The van der Waals surface area contributed by atoms with E-state index < -0.39 is 15.9 Å². The lowest BCUT2D eigenvalue weighted by Gasteiger charge is -2.26. The summed E-state index contributed by atoms with van der Waals surface area (Å²) in [7, 11) is -2.41. The number of ether oxygens (including phenoxy) is 1. The molecule has 0 heterocycles. The highest BCUT2D eigenvalue weighted by Crippen LogP contribution is 2.27. The summed E-state index contributed by atoms with van der Waals surface area (Å²) in [5.41, 5.74) is 2.16. The summed E-state index contributed by atoms with van der Waals surface area (Å²) in [6.45, 7) is 3.44. The topological polar surface area (TPSA) is 75.7 Å². The molecule has 0 aliphatic heterocycles. The fourth-order valence-corrected chi connectivity index (χ4v) is 5.01. The maximum atomic E-state index is 13.5. The molecule has 1 N–H and O–H groups in total. The van der Waals surface area contributed by atoms with Crippen molar-refractivity contribution in [3.05, 3.63) is 88.9 Å². The van der Waals surface area contributed by atoms with E-state index in [0.29, 0.717) is 17.1 Å². The molecule has 3 aromatic carbocycles. The third-order valence-corrected chi connectivity index (χ3v) is 7.28. The molecule has 0 unspecified atom stereocenters. The maximum absolute atomic E-state index is 13.5. The summed E-state index contributed by atoms with van der Waals surface area (Å²) in [5, 5.41) is 3.33. The van der Waals surface area contributed by atoms with E-state index in [0.717, 1.165) is 21.2 Å². The average Bonchev–Trinajstić information content (AvgIpc) is 2.81. The SMILES string of the molecule is CC[C@H](NC(=O)CN(c1cccc(Cl)c1)S(=O)(=O)c1ccc(C)cc1)c1ccc(OC)cc1. The van der Waals surface area contributed by atoms with Gasteiger partial charge in [-0.3, -0.25) is 9.10 Å². The van der Waals surface area contributed by atoms with Gasteiger partial charge in [0.25, 0.3) is 10.0 Å². The zero-order valence-electron chi connectivity index (χ0n) is 18.8. The lowest BCUT2D eigenvalue weighted by Crippen LogP contribution is -2.42. The number of halogens is 1. The Balaban J connectivity index is 1.89. The molecule has 0 aliphatic carbocycles. The van der Waals surface area contributed by atoms with Crippen LogP contribution in [0.3, 0.4) is 0 Å². The molecule has 1 atom stereocenters. The minimum absolute atomic E-state index is 0.100. The van der Waals surface area contributed by atoms with Crippen LogP contribution in [-0.4, -0.2) is 28.0 Å². The normalized spacial score (nSPS) is 12.1. The van der Waals surface area contributed by atoms with Crippen LogP contribution in [-0.2, 0) is 14.8 Å². The van der Waals surface area contributed by atoms with Crippen molar-refractivity contribution in [1.29, 1.82) is 0 Å². The smallest absolute Gasteiger partial charge is 0.264 e. The number of nitrogens with zero attached hydrogens (tertiary/aromatic N) is 1. The van der Waals surface area contributed by atoms with Gasteiger partial charge in [0.1, 0.15) is 12.3 Å². The zero-order chi connectivity index (χ0) is 24.0. The first-order valence-corrected chi connectivity index (χ1v) is 12.3. The van der Waals surface area contributed by atoms with Crippen molar-refractivity contribution < 1.29 is 17.9 Å². The highest BCUT2D eigenvalue weighted by Gasteiger charge is 2.28. The second-order valence-electron chi connectivity index (χ2n) is 7.61. The molecule has 3 rings (SSSR count). The first-order valence-electron chi connectivity index (χ1n) is 10.5. The highest BCUT2D eigenvalue weighted by atomic mass is 35.5. The Hall–Kier alpha value is -3.03.